The number of hydrogen-bond acceptors (Lipinski definition) is 3. The summed E-state index contributed by atoms with van der Waals surface area (Å²) in [5.74, 6) is -0.179. The zero-order valence-corrected chi connectivity index (χ0v) is 13.2. The SMILES string of the molecule is O=C1[C@H]2CC=CC[C@@H]2C(=O)N1CN(Cc1ccccc1)C1CC1. The van der Waals surface area contributed by atoms with Gasteiger partial charge in [-0.05, 0) is 31.2 Å². The van der Waals surface area contributed by atoms with Gasteiger partial charge >= 0.3 is 0 Å². The van der Waals surface area contributed by atoms with Crippen molar-refractivity contribution < 1.29 is 9.59 Å². The highest BCUT2D eigenvalue weighted by Gasteiger charge is 2.48. The van der Waals surface area contributed by atoms with Gasteiger partial charge in [-0.15, -0.1) is 0 Å². The molecule has 1 saturated heterocycles. The normalized spacial score (nSPS) is 26.9. The van der Waals surface area contributed by atoms with E-state index < -0.39 is 0 Å². The van der Waals surface area contributed by atoms with E-state index >= 15 is 0 Å². The van der Waals surface area contributed by atoms with Gasteiger partial charge in [-0.3, -0.25) is 19.4 Å². The Kier molecular flexibility index (Phi) is 3.77. The Balaban J connectivity index is 1.49. The Morgan fingerprint density at radius 3 is 2.13 bits per heavy atom. The van der Waals surface area contributed by atoms with E-state index in [1.807, 2.05) is 30.4 Å². The van der Waals surface area contributed by atoms with Crippen LogP contribution in [0.4, 0.5) is 0 Å². The van der Waals surface area contributed by atoms with Gasteiger partial charge in [0.2, 0.25) is 11.8 Å². The molecule has 2 amide bonds. The van der Waals surface area contributed by atoms with Crippen molar-refractivity contribution in [2.75, 3.05) is 6.67 Å². The topological polar surface area (TPSA) is 40.6 Å². The van der Waals surface area contributed by atoms with Gasteiger partial charge < -0.3 is 0 Å². The Labute approximate surface area is 136 Å². The zero-order valence-electron chi connectivity index (χ0n) is 13.2. The van der Waals surface area contributed by atoms with Crippen LogP contribution in [-0.4, -0.2) is 34.3 Å². The molecule has 1 aromatic rings. The number of amides is 2. The number of fused-ring (bicyclic) bond motifs is 1. The Morgan fingerprint density at radius 2 is 1.57 bits per heavy atom. The molecule has 120 valence electrons. The molecule has 2 atom stereocenters. The number of allylic oxidation sites excluding steroid dienone is 2. The monoisotopic (exact) mass is 310 g/mol. The second-order valence-corrected chi connectivity index (χ2v) is 6.87. The molecular weight excluding hydrogens is 288 g/mol. The van der Waals surface area contributed by atoms with Gasteiger partial charge in [-0.2, -0.15) is 0 Å². The highest BCUT2D eigenvalue weighted by atomic mass is 16.2. The first-order chi connectivity index (χ1) is 11.2. The number of nitrogens with zero attached hydrogens (tertiary/aromatic N) is 2. The lowest BCUT2D eigenvalue weighted by atomic mass is 9.85. The van der Waals surface area contributed by atoms with Gasteiger partial charge in [0, 0.05) is 12.6 Å². The number of benzene rings is 1. The van der Waals surface area contributed by atoms with Crippen LogP contribution < -0.4 is 0 Å². The average molecular weight is 310 g/mol. The first kappa shape index (κ1) is 14.6. The molecule has 0 radical (unpaired) electrons. The van der Waals surface area contributed by atoms with Crippen LogP contribution in [-0.2, 0) is 16.1 Å². The van der Waals surface area contributed by atoms with Crippen LogP contribution in [0.15, 0.2) is 42.5 Å². The molecule has 2 aliphatic carbocycles. The van der Waals surface area contributed by atoms with Gasteiger partial charge in [0.1, 0.15) is 0 Å². The predicted molar refractivity (Wildman–Crippen MR) is 87.1 cm³/mol. The van der Waals surface area contributed by atoms with E-state index in [0.717, 1.165) is 19.4 Å². The van der Waals surface area contributed by atoms with E-state index in [-0.39, 0.29) is 23.7 Å². The van der Waals surface area contributed by atoms with Crippen molar-refractivity contribution in [3.63, 3.8) is 0 Å². The minimum absolute atomic E-state index is 0.0306. The van der Waals surface area contributed by atoms with Crippen LogP contribution in [0, 0.1) is 11.8 Å². The molecular formula is C19H22N2O2. The number of rotatable bonds is 5. The highest BCUT2D eigenvalue weighted by molar-refractivity contribution is 6.05. The fourth-order valence-electron chi connectivity index (χ4n) is 3.74. The molecule has 1 saturated carbocycles. The lowest BCUT2D eigenvalue weighted by Crippen LogP contribution is -2.42. The van der Waals surface area contributed by atoms with Crippen molar-refractivity contribution in [3.8, 4) is 0 Å². The summed E-state index contributed by atoms with van der Waals surface area (Å²) in [5, 5.41) is 0. The van der Waals surface area contributed by atoms with Crippen LogP contribution >= 0.6 is 0 Å². The van der Waals surface area contributed by atoms with Crippen molar-refractivity contribution in [1.82, 2.24) is 9.80 Å². The van der Waals surface area contributed by atoms with Crippen molar-refractivity contribution >= 4 is 11.8 Å². The third kappa shape index (κ3) is 2.83. The first-order valence-electron chi connectivity index (χ1n) is 8.52. The zero-order chi connectivity index (χ0) is 15.8. The van der Waals surface area contributed by atoms with E-state index in [0.29, 0.717) is 25.6 Å². The van der Waals surface area contributed by atoms with Crippen LogP contribution in [0.2, 0.25) is 0 Å². The summed E-state index contributed by atoms with van der Waals surface area (Å²) in [4.78, 5) is 29.1. The largest absolute Gasteiger partial charge is 0.278 e. The molecule has 1 aliphatic heterocycles. The lowest BCUT2D eigenvalue weighted by molar-refractivity contribution is -0.142. The van der Waals surface area contributed by atoms with E-state index in [1.54, 1.807) is 0 Å². The molecule has 23 heavy (non-hydrogen) atoms. The van der Waals surface area contributed by atoms with Crippen molar-refractivity contribution in [1.29, 1.82) is 0 Å². The minimum Gasteiger partial charge on any atom is -0.278 e. The van der Waals surface area contributed by atoms with E-state index in [4.69, 9.17) is 0 Å². The molecule has 2 fully saturated rings. The molecule has 0 spiro atoms. The number of carbonyl (C=O) groups is 2. The first-order valence-corrected chi connectivity index (χ1v) is 8.52. The summed E-state index contributed by atoms with van der Waals surface area (Å²) in [5.41, 5.74) is 1.23. The van der Waals surface area contributed by atoms with Crippen molar-refractivity contribution in [3.05, 3.63) is 48.0 Å². The number of likely N-dealkylation sites (tertiary alicyclic amines) is 1. The summed E-state index contributed by atoms with van der Waals surface area (Å²) >= 11 is 0. The lowest BCUT2D eigenvalue weighted by Gasteiger charge is -2.27. The van der Waals surface area contributed by atoms with Gasteiger partial charge in [-0.1, -0.05) is 42.5 Å². The Bertz CT molecular complexity index is 610. The third-order valence-corrected chi connectivity index (χ3v) is 5.21. The average Bonchev–Trinajstić information content (AvgIpc) is 3.40. The third-order valence-electron chi connectivity index (χ3n) is 5.21. The predicted octanol–water partition coefficient (Wildman–Crippen LogP) is 2.56. The molecule has 0 unspecified atom stereocenters. The number of hydrogen-bond donors (Lipinski definition) is 0. The summed E-state index contributed by atoms with van der Waals surface area (Å²) in [6, 6.07) is 10.8. The number of carbonyl (C=O) groups excluding carboxylic acids is 2. The molecule has 4 heteroatoms. The molecule has 4 rings (SSSR count). The van der Waals surface area contributed by atoms with Gasteiger partial charge in [-0.25, -0.2) is 0 Å². The van der Waals surface area contributed by atoms with Crippen LogP contribution in [0.5, 0.6) is 0 Å². The summed E-state index contributed by atoms with van der Waals surface area (Å²) in [6.07, 6.45) is 7.84. The second-order valence-electron chi connectivity index (χ2n) is 6.87. The summed E-state index contributed by atoms with van der Waals surface area (Å²) in [7, 11) is 0. The highest BCUT2D eigenvalue weighted by Crippen LogP contribution is 2.36. The van der Waals surface area contributed by atoms with E-state index in [1.165, 1.54) is 10.5 Å². The van der Waals surface area contributed by atoms with Gasteiger partial charge in [0.15, 0.2) is 0 Å². The maximum absolute atomic E-state index is 12.6. The van der Waals surface area contributed by atoms with Crippen LogP contribution in [0.3, 0.4) is 0 Å². The molecule has 3 aliphatic rings. The Hall–Kier alpha value is -1.94. The molecule has 0 aromatic heterocycles. The fourth-order valence-corrected chi connectivity index (χ4v) is 3.74. The smallest absolute Gasteiger partial charge is 0.234 e. The maximum Gasteiger partial charge on any atom is 0.234 e. The summed E-state index contributed by atoms with van der Waals surface area (Å²) < 4.78 is 0. The molecule has 0 bridgehead atoms. The van der Waals surface area contributed by atoms with Gasteiger partial charge in [0.05, 0.1) is 18.5 Å². The standard InChI is InChI=1S/C19H22N2O2/c22-18-16-8-4-5-9-17(16)19(23)21(18)13-20(15-10-11-15)12-14-6-2-1-3-7-14/h1-7,15-17H,8-13H2/t16-,17-/m0/s1. The minimum atomic E-state index is -0.120. The molecule has 1 aromatic carbocycles. The van der Waals surface area contributed by atoms with Crippen LogP contribution in [0.25, 0.3) is 0 Å². The molecule has 0 N–H and O–H groups in total. The molecule has 4 nitrogen and oxygen atoms in total. The van der Waals surface area contributed by atoms with E-state index in [9.17, 15) is 9.59 Å². The van der Waals surface area contributed by atoms with Gasteiger partial charge in [0.25, 0.3) is 0 Å². The molecule has 1 heterocycles. The van der Waals surface area contributed by atoms with E-state index in [2.05, 4.69) is 17.0 Å². The summed E-state index contributed by atoms with van der Waals surface area (Å²) in [6.45, 7) is 1.25. The maximum atomic E-state index is 12.6. The fraction of sp³-hybridized carbons (Fsp3) is 0.474. The Morgan fingerprint density at radius 1 is 0.957 bits per heavy atom. The van der Waals surface area contributed by atoms with Crippen LogP contribution in [0.1, 0.15) is 31.2 Å². The second kappa shape index (κ2) is 5.93. The quantitative estimate of drug-likeness (QED) is 0.620. The number of imide groups is 1. The van der Waals surface area contributed by atoms with Crippen molar-refractivity contribution in [2.45, 2.75) is 38.3 Å². The van der Waals surface area contributed by atoms with Crippen molar-refractivity contribution in [2.24, 2.45) is 11.8 Å².